The number of ether oxygens (including phenoxy) is 2. The number of nitrogens with zero attached hydrogens (tertiary/aromatic N) is 1. The van der Waals surface area contributed by atoms with Crippen LogP contribution in [0.3, 0.4) is 0 Å². The maximum atomic E-state index is 13.1. The second-order valence-corrected chi connectivity index (χ2v) is 11.2. The zero-order valence-electron chi connectivity index (χ0n) is 26.2. The first-order chi connectivity index (χ1) is 19.7. The van der Waals surface area contributed by atoms with Gasteiger partial charge in [0.1, 0.15) is 18.0 Å². The van der Waals surface area contributed by atoms with Gasteiger partial charge in [-0.25, -0.2) is 0 Å². The second-order valence-electron chi connectivity index (χ2n) is 11.2. The number of carbonyl (C=O) groups excluding carboxylic acids is 4. The average molecular weight is 581 g/mol. The summed E-state index contributed by atoms with van der Waals surface area (Å²) in [5, 5.41) is 5.87. The van der Waals surface area contributed by atoms with E-state index in [4.69, 9.17) is 9.47 Å². The minimum Gasteiger partial charge on any atom is -0.480 e. The van der Waals surface area contributed by atoms with Crippen molar-refractivity contribution < 1.29 is 28.7 Å². The quantitative estimate of drug-likeness (QED) is 0.284. The summed E-state index contributed by atoms with van der Waals surface area (Å²) in [6, 6.07) is 5.12. The smallest absolute Gasteiger partial charge is 0.256 e. The average Bonchev–Trinajstić information content (AvgIpc) is 3.39. The third-order valence-corrected chi connectivity index (χ3v) is 7.69. The highest BCUT2D eigenvalue weighted by atomic mass is 16.5. The third-order valence-electron chi connectivity index (χ3n) is 7.69. The van der Waals surface area contributed by atoms with Crippen LogP contribution in [0.1, 0.15) is 81.3 Å². The third kappa shape index (κ3) is 7.35. The molecule has 1 aromatic heterocycles. The predicted molar refractivity (Wildman–Crippen MR) is 164 cm³/mol. The van der Waals surface area contributed by atoms with Crippen LogP contribution in [0.4, 0.5) is 5.69 Å². The second kappa shape index (κ2) is 13.5. The van der Waals surface area contributed by atoms with Crippen LogP contribution in [0, 0.1) is 13.8 Å². The van der Waals surface area contributed by atoms with Gasteiger partial charge in [0.05, 0.1) is 11.1 Å². The molecule has 2 heterocycles. The lowest BCUT2D eigenvalue weighted by molar-refractivity contribution is -0.149. The van der Waals surface area contributed by atoms with Crippen LogP contribution in [-0.2, 0) is 19.1 Å². The van der Waals surface area contributed by atoms with E-state index in [2.05, 4.69) is 34.4 Å². The van der Waals surface area contributed by atoms with E-state index in [0.29, 0.717) is 46.1 Å². The van der Waals surface area contributed by atoms with Crippen LogP contribution in [0.25, 0.3) is 11.6 Å². The molecule has 0 radical (unpaired) electrons. The minimum absolute atomic E-state index is 0.159. The van der Waals surface area contributed by atoms with Crippen LogP contribution >= 0.6 is 0 Å². The Balaban J connectivity index is 1.83. The molecule has 42 heavy (non-hydrogen) atoms. The van der Waals surface area contributed by atoms with Crippen LogP contribution in [0.15, 0.2) is 18.2 Å². The maximum absolute atomic E-state index is 13.1. The molecular weight excluding hydrogens is 536 g/mol. The van der Waals surface area contributed by atoms with Gasteiger partial charge in [0.2, 0.25) is 5.78 Å². The zero-order chi connectivity index (χ0) is 31.4. The molecule has 1 aromatic carbocycles. The highest BCUT2D eigenvalue weighted by Gasteiger charge is 2.36. The molecule has 1 aliphatic rings. The van der Waals surface area contributed by atoms with E-state index in [0.717, 1.165) is 25.2 Å². The predicted octanol–water partition coefficient (Wildman–Crippen LogP) is 4.30. The number of H-pyrrole nitrogens is 1. The number of ketones is 2. The summed E-state index contributed by atoms with van der Waals surface area (Å²) in [6.07, 6.45) is 0.174. The molecule has 2 aromatic rings. The number of benzene rings is 1. The molecule has 1 unspecified atom stereocenters. The number of rotatable bonds is 14. The van der Waals surface area contributed by atoms with Gasteiger partial charge in [-0.15, -0.1) is 0 Å². The summed E-state index contributed by atoms with van der Waals surface area (Å²) in [6.45, 7) is 18.9. The van der Waals surface area contributed by atoms with Gasteiger partial charge in [-0.2, -0.15) is 0 Å². The molecule has 0 saturated heterocycles. The lowest BCUT2D eigenvalue weighted by atomic mass is 9.98. The van der Waals surface area contributed by atoms with Crippen molar-refractivity contribution in [2.24, 2.45) is 0 Å². The number of likely N-dealkylation sites (N-methyl/N-ethyl adjacent to an activating group) is 1. The van der Waals surface area contributed by atoms with E-state index in [1.807, 2.05) is 13.8 Å². The molecule has 0 aliphatic carbocycles. The van der Waals surface area contributed by atoms with E-state index in [1.165, 1.54) is 6.92 Å². The van der Waals surface area contributed by atoms with Gasteiger partial charge in [0.25, 0.3) is 11.8 Å². The number of anilines is 1. The van der Waals surface area contributed by atoms with Gasteiger partial charge in [0.15, 0.2) is 11.4 Å². The monoisotopic (exact) mass is 580 g/mol. The fraction of sp³-hybridized carbons (Fsp3) is 0.500. The Hall–Kier alpha value is -3.76. The summed E-state index contributed by atoms with van der Waals surface area (Å²) in [4.78, 5) is 56.1. The van der Waals surface area contributed by atoms with Gasteiger partial charge in [-0.05, 0) is 91.4 Å². The SMILES string of the molecule is CCN(CC)CCNC(=O)c1c(C)[nH]c(/C=C2\C(=O)Nc3ccc(OC(C)(C)C(=O)[C@H](C)OC(C)C(C)=O)cc32)c1C. The number of hydrogen-bond donors (Lipinski definition) is 3. The number of Topliss-reactive ketones (excluding diaryl/α,β-unsaturated/α-hetero) is 2. The molecule has 1 aliphatic heterocycles. The summed E-state index contributed by atoms with van der Waals surface area (Å²) in [5.74, 6) is -0.531. The number of aromatic nitrogens is 1. The highest BCUT2D eigenvalue weighted by molar-refractivity contribution is 6.35. The molecule has 0 bridgehead atoms. The molecule has 3 rings (SSSR count). The number of nitrogens with one attached hydrogen (secondary N) is 3. The number of fused-ring (bicyclic) bond motifs is 1. The van der Waals surface area contributed by atoms with Crippen molar-refractivity contribution in [2.45, 2.75) is 80.1 Å². The molecule has 2 amide bonds. The number of hydrogen-bond acceptors (Lipinski definition) is 7. The molecule has 10 nitrogen and oxygen atoms in total. The van der Waals surface area contributed by atoms with Gasteiger partial charge >= 0.3 is 0 Å². The first-order valence-corrected chi connectivity index (χ1v) is 14.5. The minimum atomic E-state index is -1.26. The summed E-state index contributed by atoms with van der Waals surface area (Å²) >= 11 is 0. The van der Waals surface area contributed by atoms with Crippen LogP contribution in [0.5, 0.6) is 5.75 Å². The Kier molecular flexibility index (Phi) is 10.5. The van der Waals surface area contributed by atoms with Gasteiger partial charge < -0.3 is 30.0 Å². The maximum Gasteiger partial charge on any atom is 0.256 e. The van der Waals surface area contributed by atoms with Crippen LogP contribution in [0.2, 0.25) is 0 Å². The summed E-state index contributed by atoms with van der Waals surface area (Å²) in [5.41, 5.74) is 3.06. The Bertz CT molecular complexity index is 1390. The van der Waals surface area contributed by atoms with E-state index < -0.39 is 17.8 Å². The van der Waals surface area contributed by atoms with Crippen LogP contribution < -0.4 is 15.4 Å². The fourth-order valence-corrected chi connectivity index (χ4v) is 5.03. The summed E-state index contributed by atoms with van der Waals surface area (Å²) in [7, 11) is 0. The van der Waals surface area contributed by atoms with E-state index in [9.17, 15) is 19.2 Å². The largest absolute Gasteiger partial charge is 0.480 e. The molecule has 0 fully saturated rings. The topological polar surface area (TPSA) is 130 Å². The van der Waals surface area contributed by atoms with Gasteiger partial charge in [0, 0.05) is 35.7 Å². The Labute approximate surface area is 248 Å². The van der Waals surface area contributed by atoms with Crippen LogP contribution in [-0.4, -0.2) is 77.3 Å². The standard InChI is InChI=1S/C32H44N4O6/c1-10-36(11-2)15-14-33-31(40)28-18(3)27(34-19(28)4)17-25-24-16-23(12-13-26(24)35-30(25)39)42-32(8,9)29(38)22(7)41-21(6)20(5)37/h12-13,16-17,21-22,34H,10-11,14-15H2,1-9H3,(H,33,40)(H,35,39)/b25-17-/t21?,22-/m0/s1. The van der Waals surface area contributed by atoms with Crippen molar-refractivity contribution in [3.63, 3.8) is 0 Å². The summed E-state index contributed by atoms with van der Waals surface area (Å²) < 4.78 is 11.7. The lowest BCUT2D eigenvalue weighted by Crippen LogP contribution is -2.46. The Morgan fingerprint density at radius 1 is 1.10 bits per heavy atom. The van der Waals surface area contributed by atoms with Crippen molar-refractivity contribution in [3.8, 4) is 5.75 Å². The molecule has 0 spiro atoms. The van der Waals surface area contributed by atoms with Crippen molar-refractivity contribution >= 4 is 40.7 Å². The van der Waals surface area contributed by atoms with E-state index in [1.54, 1.807) is 52.0 Å². The number of carbonyl (C=O) groups is 4. The Morgan fingerprint density at radius 2 is 1.76 bits per heavy atom. The Morgan fingerprint density at radius 3 is 2.38 bits per heavy atom. The number of amides is 2. The van der Waals surface area contributed by atoms with Crippen molar-refractivity contribution in [3.05, 3.63) is 46.3 Å². The van der Waals surface area contributed by atoms with E-state index >= 15 is 0 Å². The lowest BCUT2D eigenvalue weighted by Gasteiger charge is -2.29. The fourth-order valence-electron chi connectivity index (χ4n) is 5.03. The van der Waals surface area contributed by atoms with Crippen molar-refractivity contribution in [1.29, 1.82) is 0 Å². The molecule has 10 heteroatoms. The molecule has 0 saturated carbocycles. The molecule has 2 atom stereocenters. The number of aryl methyl sites for hydroxylation is 1. The van der Waals surface area contributed by atoms with E-state index in [-0.39, 0.29) is 23.4 Å². The van der Waals surface area contributed by atoms with Gasteiger partial charge in [-0.1, -0.05) is 13.8 Å². The zero-order valence-corrected chi connectivity index (χ0v) is 26.2. The normalized spacial score (nSPS) is 15.4. The molecular formula is C32H44N4O6. The van der Waals surface area contributed by atoms with Gasteiger partial charge in [-0.3, -0.25) is 19.2 Å². The van der Waals surface area contributed by atoms with Crippen molar-refractivity contribution in [1.82, 2.24) is 15.2 Å². The molecule has 228 valence electrons. The number of aromatic amines is 1. The highest BCUT2D eigenvalue weighted by Crippen LogP contribution is 2.37. The first kappa shape index (κ1) is 32.8. The molecule has 3 N–H and O–H groups in total. The van der Waals surface area contributed by atoms with Crippen molar-refractivity contribution in [2.75, 3.05) is 31.5 Å². The first-order valence-electron chi connectivity index (χ1n) is 14.5.